The third-order valence-electron chi connectivity index (χ3n) is 6.65. The maximum atomic E-state index is 12.1. The van der Waals surface area contributed by atoms with Crippen LogP contribution in [0.4, 0.5) is 4.79 Å². The van der Waals surface area contributed by atoms with Crippen molar-refractivity contribution in [1.82, 2.24) is 25.3 Å². The number of piperazine rings is 1. The second kappa shape index (κ2) is 12.3. The van der Waals surface area contributed by atoms with E-state index in [9.17, 15) is 4.79 Å². The summed E-state index contributed by atoms with van der Waals surface area (Å²) in [5.41, 5.74) is 2.49. The Morgan fingerprint density at radius 3 is 2.37 bits per heavy atom. The van der Waals surface area contributed by atoms with Gasteiger partial charge in [0.15, 0.2) is 0 Å². The molecular formula is C24H41N5O. The predicted molar refractivity (Wildman–Crippen MR) is 124 cm³/mol. The average Bonchev–Trinajstić information content (AvgIpc) is 2.78. The van der Waals surface area contributed by atoms with Crippen LogP contribution in [0, 0.1) is 0 Å². The Labute approximate surface area is 183 Å². The van der Waals surface area contributed by atoms with Gasteiger partial charge in [-0.3, -0.25) is 4.90 Å². The van der Waals surface area contributed by atoms with E-state index in [1.54, 1.807) is 0 Å². The van der Waals surface area contributed by atoms with Crippen molar-refractivity contribution in [3.8, 4) is 0 Å². The number of nitrogens with one attached hydrogen (secondary N) is 2. The van der Waals surface area contributed by atoms with Crippen LogP contribution in [-0.2, 0) is 13.1 Å². The maximum Gasteiger partial charge on any atom is 0.315 e. The number of hydrogen-bond donors (Lipinski definition) is 2. The Kier molecular flexibility index (Phi) is 9.43. The van der Waals surface area contributed by atoms with E-state index in [4.69, 9.17) is 0 Å². The van der Waals surface area contributed by atoms with Crippen molar-refractivity contribution in [2.75, 3.05) is 53.4 Å². The predicted octanol–water partition coefficient (Wildman–Crippen LogP) is 2.89. The number of hydrogen-bond acceptors (Lipinski definition) is 4. The molecule has 3 rings (SSSR count). The highest BCUT2D eigenvalue weighted by atomic mass is 16.2. The molecule has 1 saturated carbocycles. The van der Waals surface area contributed by atoms with Gasteiger partial charge in [-0.15, -0.1) is 0 Å². The Balaban J connectivity index is 1.27. The Morgan fingerprint density at radius 2 is 1.67 bits per heavy atom. The third kappa shape index (κ3) is 7.89. The van der Waals surface area contributed by atoms with Crippen molar-refractivity contribution in [3.05, 3.63) is 35.4 Å². The first kappa shape index (κ1) is 23.0. The number of likely N-dealkylation sites (N-methyl/N-ethyl adjacent to an activating group) is 1. The molecule has 1 aliphatic carbocycles. The van der Waals surface area contributed by atoms with E-state index in [1.807, 2.05) is 0 Å². The van der Waals surface area contributed by atoms with E-state index in [-0.39, 0.29) is 6.03 Å². The van der Waals surface area contributed by atoms with Crippen LogP contribution in [-0.4, -0.2) is 80.1 Å². The molecule has 6 nitrogen and oxygen atoms in total. The molecule has 0 spiro atoms. The molecule has 30 heavy (non-hydrogen) atoms. The quantitative estimate of drug-likeness (QED) is 0.609. The fourth-order valence-corrected chi connectivity index (χ4v) is 4.51. The van der Waals surface area contributed by atoms with E-state index >= 15 is 0 Å². The molecule has 2 amide bonds. The Morgan fingerprint density at radius 1 is 1.00 bits per heavy atom. The fourth-order valence-electron chi connectivity index (χ4n) is 4.51. The van der Waals surface area contributed by atoms with Gasteiger partial charge in [0.2, 0.25) is 0 Å². The number of urea groups is 1. The molecule has 1 aromatic rings. The molecule has 1 aromatic carbocycles. The van der Waals surface area contributed by atoms with Crippen LogP contribution in [0.2, 0.25) is 0 Å². The van der Waals surface area contributed by atoms with Gasteiger partial charge in [0.25, 0.3) is 0 Å². The standard InChI is InChI=1S/C24H41N5O/c1-27-15-17-29(18-16-27)20-22-11-9-21(10-12-22)19-26-24(30)25-13-6-14-28(2)23-7-4-3-5-8-23/h9-12,23H,3-8,13-20H2,1-2H3,(H2,25,26,30). The zero-order chi connectivity index (χ0) is 21.2. The van der Waals surface area contributed by atoms with Crippen molar-refractivity contribution in [3.63, 3.8) is 0 Å². The van der Waals surface area contributed by atoms with E-state index in [0.717, 1.165) is 63.8 Å². The molecule has 0 bridgehead atoms. The minimum absolute atomic E-state index is 0.0724. The summed E-state index contributed by atoms with van der Waals surface area (Å²) in [6, 6.07) is 9.31. The van der Waals surface area contributed by atoms with Crippen molar-refractivity contribution < 1.29 is 4.79 Å². The van der Waals surface area contributed by atoms with Crippen LogP contribution in [0.5, 0.6) is 0 Å². The summed E-state index contributed by atoms with van der Waals surface area (Å²) < 4.78 is 0. The number of carbonyl (C=O) groups excluding carboxylic acids is 1. The molecule has 1 heterocycles. The van der Waals surface area contributed by atoms with E-state index in [2.05, 4.69) is 63.7 Å². The molecule has 0 radical (unpaired) electrons. The van der Waals surface area contributed by atoms with Crippen LogP contribution < -0.4 is 10.6 Å². The summed E-state index contributed by atoms with van der Waals surface area (Å²) in [5, 5.41) is 5.97. The molecule has 168 valence electrons. The monoisotopic (exact) mass is 415 g/mol. The molecule has 2 N–H and O–H groups in total. The number of rotatable bonds is 9. The first-order valence-electron chi connectivity index (χ1n) is 11.8. The highest BCUT2D eigenvalue weighted by Gasteiger charge is 2.17. The average molecular weight is 416 g/mol. The second-order valence-corrected chi connectivity index (χ2v) is 9.13. The van der Waals surface area contributed by atoms with Gasteiger partial charge in [0.1, 0.15) is 0 Å². The Bertz CT molecular complexity index is 621. The molecule has 0 unspecified atom stereocenters. The van der Waals surface area contributed by atoms with Gasteiger partial charge < -0.3 is 20.4 Å². The van der Waals surface area contributed by atoms with E-state index < -0.39 is 0 Å². The normalized spacial score (nSPS) is 19.2. The van der Waals surface area contributed by atoms with Crippen LogP contribution in [0.15, 0.2) is 24.3 Å². The third-order valence-corrected chi connectivity index (χ3v) is 6.65. The largest absolute Gasteiger partial charge is 0.338 e. The van der Waals surface area contributed by atoms with Gasteiger partial charge >= 0.3 is 6.03 Å². The first-order chi connectivity index (χ1) is 14.6. The smallest absolute Gasteiger partial charge is 0.315 e. The minimum Gasteiger partial charge on any atom is -0.338 e. The van der Waals surface area contributed by atoms with Crippen molar-refractivity contribution in [2.24, 2.45) is 0 Å². The summed E-state index contributed by atoms with van der Waals surface area (Å²) >= 11 is 0. The molecule has 0 aromatic heterocycles. The number of carbonyl (C=O) groups is 1. The van der Waals surface area contributed by atoms with Crippen molar-refractivity contribution in [1.29, 1.82) is 0 Å². The lowest BCUT2D eigenvalue weighted by atomic mass is 9.94. The van der Waals surface area contributed by atoms with Crippen LogP contribution in [0.3, 0.4) is 0 Å². The molecule has 1 aliphatic heterocycles. The zero-order valence-electron chi connectivity index (χ0n) is 19.0. The highest BCUT2D eigenvalue weighted by Crippen LogP contribution is 2.21. The molecule has 6 heteroatoms. The topological polar surface area (TPSA) is 50.9 Å². The van der Waals surface area contributed by atoms with Crippen LogP contribution >= 0.6 is 0 Å². The molecule has 0 atom stereocenters. The zero-order valence-corrected chi connectivity index (χ0v) is 19.0. The lowest BCUT2D eigenvalue weighted by Crippen LogP contribution is -2.43. The van der Waals surface area contributed by atoms with Gasteiger partial charge in [0, 0.05) is 51.9 Å². The lowest BCUT2D eigenvalue weighted by molar-refractivity contribution is 0.148. The number of nitrogens with zero attached hydrogens (tertiary/aromatic N) is 3. The van der Waals surface area contributed by atoms with Gasteiger partial charge in [-0.1, -0.05) is 43.5 Å². The summed E-state index contributed by atoms with van der Waals surface area (Å²) in [4.78, 5) is 19.4. The first-order valence-corrected chi connectivity index (χ1v) is 11.8. The maximum absolute atomic E-state index is 12.1. The minimum atomic E-state index is -0.0724. The van der Waals surface area contributed by atoms with Crippen molar-refractivity contribution in [2.45, 2.75) is 57.7 Å². The van der Waals surface area contributed by atoms with Gasteiger partial charge in [-0.25, -0.2) is 4.79 Å². The summed E-state index contributed by atoms with van der Waals surface area (Å²) in [6.45, 7) is 7.93. The highest BCUT2D eigenvalue weighted by molar-refractivity contribution is 5.73. The van der Waals surface area contributed by atoms with E-state index in [0.29, 0.717) is 6.54 Å². The molecule has 2 fully saturated rings. The van der Waals surface area contributed by atoms with Crippen molar-refractivity contribution >= 4 is 6.03 Å². The number of amides is 2. The van der Waals surface area contributed by atoms with Crippen LogP contribution in [0.1, 0.15) is 49.7 Å². The summed E-state index contributed by atoms with van der Waals surface area (Å²) in [6.07, 6.45) is 7.79. The van der Waals surface area contributed by atoms with Gasteiger partial charge in [0.05, 0.1) is 0 Å². The Hall–Kier alpha value is -1.63. The summed E-state index contributed by atoms with van der Waals surface area (Å²) in [5.74, 6) is 0. The molecule has 1 saturated heterocycles. The SMILES string of the molecule is CN1CCN(Cc2ccc(CNC(=O)NCCCN(C)C3CCCCC3)cc2)CC1. The molecular weight excluding hydrogens is 374 g/mol. The summed E-state index contributed by atoms with van der Waals surface area (Å²) in [7, 11) is 4.41. The van der Waals surface area contributed by atoms with Gasteiger partial charge in [-0.05, 0) is 51.0 Å². The number of benzene rings is 1. The molecule has 2 aliphatic rings. The van der Waals surface area contributed by atoms with E-state index in [1.165, 1.54) is 37.7 Å². The lowest BCUT2D eigenvalue weighted by Gasteiger charge is -2.32. The fraction of sp³-hybridized carbons (Fsp3) is 0.708. The van der Waals surface area contributed by atoms with Gasteiger partial charge in [-0.2, -0.15) is 0 Å². The second-order valence-electron chi connectivity index (χ2n) is 9.13. The van der Waals surface area contributed by atoms with Crippen LogP contribution in [0.25, 0.3) is 0 Å².